The predicted octanol–water partition coefficient (Wildman–Crippen LogP) is 1.35. The molecule has 0 radical (unpaired) electrons. The van der Waals surface area contributed by atoms with Crippen LogP contribution in [0.1, 0.15) is 33.6 Å². The fourth-order valence-corrected chi connectivity index (χ4v) is 1.93. The van der Waals surface area contributed by atoms with E-state index >= 15 is 0 Å². The Morgan fingerprint density at radius 3 is 2.13 bits per heavy atom. The molecule has 0 atom stereocenters. The summed E-state index contributed by atoms with van der Waals surface area (Å²) in [7, 11) is 2.00. The smallest absolute Gasteiger partial charge is 0.336 e. The molecule has 4 heteroatoms. The minimum atomic E-state index is -0.981. The normalized spacial score (nSPS) is 22.7. The van der Waals surface area contributed by atoms with Crippen LogP contribution >= 0.6 is 0 Å². The summed E-state index contributed by atoms with van der Waals surface area (Å²) in [5, 5.41) is 9.29. The zero-order valence-corrected chi connectivity index (χ0v) is 10.0. The predicted molar refractivity (Wildman–Crippen MR) is 57.9 cm³/mol. The number of carboxylic acid groups (broad SMARTS) is 1. The lowest BCUT2D eigenvalue weighted by molar-refractivity contribution is -0.193. The van der Waals surface area contributed by atoms with E-state index in [1.54, 1.807) is 0 Å². The molecule has 15 heavy (non-hydrogen) atoms. The highest BCUT2D eigenvalue weighted by atomic mass is 16.5. The molecule has 1 aliphatic heterocycles. The standard InChI is InChI=1S/C11H21NO3/c1-10(2,3)15-11(9(13)14)5-7-12(4)8-6-11/h5-8H2,1-4H3,(H,13,14). The molecule has 0 bridgehead atoms. The van der Waals surface area contributed by atoms with Crippen LogP contribution in [0.3, 0.4) is 0 Å². The molecule has 0 aromatic rings. The van der Waals surface area contributed by atoms with Gasteiger partial charge in [0.25, 0.3) is 0 Å². The van der Waals surface area contributed by atoms with Crippen molar-refractivity contribution in [3.05, 3.63) is 0 Å². The van der Waals surface area contributed by atoms with Gasteiger partial charge in [-0.1, -0.05) is 0 Å². The van der Waals surface area contributed by atoms with Gasteiger partial charge in [0.1, 0.15) is 0 Å². The van der Waals surface area contributed by atoms with Crippen molar-refractivity contribution in [2.45, 2.75) is 44.8 Å². The van der Waals surface area contributed by atoms with E-state index in [0.29, 0.717) is 12.8 Å². The molecule has 1 aliphatic rings. The van der Waals surface area contributed by atoms with Crippen molar-refractivity contribution in [2.24, 2.45) is 0 Å². The second-order valence-corrected chi connectivity index (χ2v) is 5.32. The number of ether oxygens (including phenoxy) is 1. The van der Waals surface area contributed by atoms with Gasteiger partial charge in [-0.15, -0.1) is 0 Å². The van der Waals surface area contributed by atoms with Crippen LogP contribution in [-0.4, -0.2) is 47.3 Å². The van der Waals surface area contributed by atoms with Crippen LogP contribution in [0.4, 0.5) is 0 Å². The van der Waals surface area contributed by atoms with E-state index in [2.05, 4.69) is 4.90 Å². The molecule has 0 aliphatic carbocycles. The van der Waals surface area contributed by atoms with Gasteiger partial charge in [0.2, 0.25) is 0 Å². The third kappa shape index (κ3) is 3.18. The van der Waals surface area contributed by atoms with E-state index in [9.17, 15) is 9.90 Å². The SMILES string of the molecule is CN1CCC(OC(C)(C)C)(C(=O)O)CC1. The van der Waals surface area contributed by atoms with Gasteiger partial charge in [0, 0.05) is 13.1 Å². The van der Waals surface area contributed by atoms with Crippen molar-refractivity contribution in [1.82, 2.24) is 4.90 Å². The van der Waals surface area contributed by atoms with Gasteiger partial charge in [-0.05, 0) is 40.7 Å². The van der Waals surface area contributed by atoms with E-state index in [-0.39, 0.29) is 0 Å². The fourth-order valence-electron chi connectivity index (χ4n) is 1.93. The minimum Gasteiger partial charge on any atom is -0.479 e. The van der Waals surface area contributed by atoms with Crippen LogP contribution in [0.25, 0.3) is 0 Å². The maximum atomic E-state index is 11.3. The Morgan fingerprint density at radius 1 is 1.33 bits per heavy atom. The van der Waals surface area contributed by atoms with Gasteiger partial charge in [0.15, 0.2) is 5.60 Å². The molecule has 1 N–H and O–H groups in total. The Morgan fingerprint density at radius 2 is 1.80 bits per heavy atom. The van der Waals surface area contributed by atoms with Crippen molar-refractivity contribution >= 4 is 5.97 Å². The van der Waals surface area contributed by atoms with Crippen LogP contribution < -0.4 is 0 Å². The molecular weight excluding hydrogens is 194 g/mol. The molecule has 0 spiro atoms. The number of aliphatic carboxylic acids is 1. The van der Waals surface area contributed by atoms with Crippen molar-refractivity contribution in [3.8, 4) is 0 Å². The Balaban J connectivity index is 2.76. The lowest BCUT2D eigenvalue weighted by atomic mass is 9.90. The first kappa shape index (κ1) is 12.5. The summed E-state index contributed by atoms with van der Waals surface area (Å²) in [5.74, 6) is -0.828. The summed E-state index contributed by atoms with van der Waals surface area (Å²) in [6, 6.07) is 0. The van der Waals surface area contributed by atoms with Crippen molar-refractivity contribution < 1.29 is 14.6 Å². The summed E-state index contributed by atoms with van der Waals surface area (Å²) in [4.78, 5) is 13.4. The Labute approximate surface area is 91.2 Å². The summed E-state index contributed by atoms with van der Waals surface area (Å²) in [5.41, 5.74) is -1.39. The highest BCUT2D eigenvalue weighted by molar-refractivity contribution is 5.77. The topological polar surface area (TPSA) is 49.8 Å². The lowest BCUT2D eigenvalue weighted by Crippen LogP contribution is -2.53. The summed E-state index contributed by atoms with van der Waals surface area (Å²) in [6.07, 6.45) is 1.13. The second kappa shape index (κ2) is 4.10. The molecule has 1 rings (SSSR count). The second-order valence-electron chi connectivity index (χ2n) is 5.32. The van der Waals surface area contributed by atoms with Crippen LogP contribution in [-0.2, 0) is 9.53 Å². The average molecular weight is 215 g/mol. The van der Waals surface area contributed by atoms with Crippen molar-refractivity contribution in [3.63, 3.8) is 0 Å². The number of carboxylic acids is 1. The van der Waals surface area contributed by atoms with Crippen LogP contribution in [0.15, 0.2) is 0 Å². The van der Waals surface area contributed by atoms with Gasteiger partial charge in [-0.3, -0.25) is 0 Å². The number of piperidine rings is 1. The molecule has 4 nitrogen and oxygen atoms in total. The maximum Gasteiger partial charge on any atom is 0.336 e. The van der Waals surface area contributed by atoms with E-state index < -0.39 is 17.2 Å². The van der Waals surface area contributed by atoms with Gasteiger partial charge < -0.3 is 14.7 Å². The Hall–Kier alpha value is -0.610. The first-order chi connectivity index (χ1) is 6.75. The fraction of sp³-hybridized carbons (Fsp3) is 0.909. The van der Waals surface area contributed by atoms with Gasteiger partial charge in [0.05, 0.1) is 5.60 Å². The Bertz CT molecular complexity index is 237. The van der Waals surface area contributed by atoms with Gasteiger partial charge >= 0.3 is 5.97 Å². The number of rotatable bonds is 2. The molecule has 0 amide bonds. The number of carbonyl (C=O) groups is 1. The molecular formula is C11H21NO3. The van der Waals surface area contributed by atoms with Gasteiger partial charge in [-0.2, -0.15) is 0 Å². The van der Waals surface area contributed by atoms with Crippen molar-refractivity contribution in [1.29, 1.82) is 0 Å². The first-order valence-electron chi connectivity index (χ1n) is 5.37. The number of nitrogens with zero attached hydrogens (tertiary/aromatic N) is 1. The zero-order valence-electron chi connectivity index (χ0n) is 10.0. The molecule has 0 unspecified atom stereocenters. The van der Waals surface area contributed by atoms with Crippen molar-refractivity contribution in [2.75, 3.05) is 20.1 Å². The quantitative estimate of drug-likeness (QED) is 0.755. The van der Waals surface area contributed by atoms with Crippen LogP contribution in [0.2, 0.25) is 0 Å². The Kier molecular flexibility index (Phi) is 3.41. The van der Waals surface area contributed by atoms with Gasteiger partial charge in [-0.25, -0.2) is 4.79 Å². The molecule has 1 saturated heterocycles. The monoisotopic (exact) mass is 215 g/mol. The maximum absolute atomic E-state index is 11.3. The molecule has 0 saturated carbocycles. The number of hydrogen-bond acceptors (Lipinski definition) is 3. The highest BCUT2D eigenvalue weighted by Gasteiger charge is 2.44. The average Bonchev–Trinajstić information content (AvgIpc) is 2.06. The largest absolute Gasteiger partial charge is 0.479 e. The first-order valence-corrected chi connectivity index (χ1v) is 5.37. The van der Waals surface area contributed by atoms with E-state index in [4.69, 9.17) is 4.74 Å². The third-order valence-corrected chi connectivity index (χ3v) is 2.69. The van der Waals surface area contributed by atoms with Crippen LogP contribution in [0.5, 0.6) is 0 Å². The third-order valence-electron chi connectivity index (χ3n) is 2.69. The molecule has 0 aromatic heterocycles. The summed E-state index contributed by atoms with van der Waals surface area (Å²) < 4.78 is 5.75. The summed E-state index contributed by atoms with van der Waals surface area (Å²) >= 11 is 0. The van der Waals surface area contributed by atoms with Crippen LogP contribution in [0, 0.1) is 0 Å². The number of hydrogen-bond donors (Lipinski definition) is 1. The summed E-state index contributed by atoms with van der Waals surface area (Å²) in [6.45, 7) is 7.26. The molecule has 1 fully saturated rings. The van der Waals surface area contributed by atoms with E-state index in [0.717, 1.165) is 13.1 Å². The highest BCUT2D eigenvalue weighted by Crippen LogP contribution is 2.30. The minimum absolute atomic E-state index is 0.408. The van der Waals surface area contributed by atoms with E-state index in [1.165, 1.54) is 0 Å². The molecule has 88 valence electrons. The molecule has 0 aromatic carbocycles. The lowest BCUT2D eigenvalue weighted by Gasteiger charge is -2.41. The zero-order chi connectivity index (χ0) is 11.7. The molecule has 1 heterocycles. The van der Waals surface area contributed by atoms with E-state index in [1.807, 2.05) is 27.8 Å². The number of likely N-dealkylation sites (tertiary alicyclic amines) is 1.